The first-order valence-corrected chi connectivity index (χ1v) is 9.77. The van der Waals surface area contributed by atoms with Crippen LogP contribution in [-0.4, -0.2) is 39.5 Å². The number of ether oxygens (including phenoxy) is 1. The molecule has 2 N–H and O–H groups in total. The molecule has 0 aliphatic rings. The average Bonchev–Trinajstić information content (AvgIpc) is 3.18. The van der Waals surface area contributed by atoms with Crippen LogP contribution >= 0.6 is 0 Å². The van der Waals surface area contributed by atoms with E-state index < -0.39 is 0 Å². The molecule has 0 atom stereocenters. The normalized spacial score (nSPS) is 9.83. The number of H-pyrrole nitrogens is 1. The summed E-state index contributed by atoms with van der Waals surface area (Å²) in [6, 6.07) is 9.49. The van der Waals surface area contributed by atoms with Crippen molar-refractivity contribution in [2.45, 2.75) is 27.7 Å². The van der Waals surface area contributed by atoms with Gasteiger partial charge < -0.3 is 15.0 Å². The number of aromatic amines is 1. The van der Waals surface area contributed by atoms with Gasteiger partial charge in [0.1, 0.15) is 5.65 Å². The molecule has 29 heavy (non-hydrogen) atoms. The number of hydrogen-bond acceptors (Lipinski definition) is 5. The van der Waals surface area contributed by atoms with Crippen LogP contribution in [0.25, 0.3) is 33.2 Å². The van der Waals surface area contributed by atoms with Crippen LogP contribution in [0.4, 0.5) is 0 Å². The molecule has 0 fully saturated rings. The van der Waals surface area contributed by atoms with Gasteiger partial charge in [0, 0.05) is 48.0 Å². The minimum Gasteiger partial charge on any atom is -0.468 e. The number of fused-ring (bicyclic) bond motifs is 3. The number of carbonyl (C=O) groups is 1. The Morgan fingerprint density at radius 3 is 2.52 bits per heavy atom. The highest BCUT2D eigenvalue weighted by Crippen LogP contribution is 2.26. The quantitative estimate of drug-likeness (QED) is 0.538. The van der Waals surface area contributed by atoms with Crippen LogP contribution in [0.5, 0.6) is 5.88 Å². The number of carbonyl (C=O) groups excluding carboxylic acids is 1. The third-order valence-corrected chi connectivity index (χ3v) is 3.92. The monoisotopic (exact) mass is 393 g/mol. The van der Waals surface area contributed by atoms with Crippen LogP contribution in [0.3, 0.4) is 0 Å². The average molecular weight is 393 g/mol. The second-order valence-corrected chi connectivity index (χ2v) is 5.49. The summed E-state index contributed by atoms with van der Waals surface area (Å²) in [4.78, 5) is 27.5. The van der Waals surface area contributed by atoms with Crippen LogP contribution in [-0.2, 0) is 4.79 Å². The van der Waals surface area contributed by atoms with E-state index in [0.717, 1.165) is 33.2 Å². The maximum atomic E-state index is 11.2. The Bertz CT molecular complexity index is 1060. The topological polar surface area (TPSA) is 92.8 Å². The largest absolute Gasteiger partial charge is 0.468 e. The van der Waals surface area contributed by atoms with E-state index >= 15 is 0 Å². The predicted molar refractivity (Wildman–Crippen MR) is 117 cm³/mol. The molecule has 152 valence electrons. The molecule has 0 saturated heterocycles. The Morgan fingerprint density at radius 2 is 1.83 bits per heavy atom. The number of nitrogens with zero attached hydrogens (tertiary/aromatic N) is 3. The minimum atomic E-state index is -0.203. The molecule has 4 heterocycles. The zero-order valence-corrected chi connectivity index (χ0v) is 17.5. The molecule has 7 nitrogen and oxygen atoms in total. The number of likely N-dealkylation sites (N-methyl/N-ethyl adjacent to an activating group) is 1. The van der Waals surface area contributed by atoms with Gasteiger partial charge in [0.15, 0.2) is 6.61 Å². The summed E-state index contributed by atoms with van der Waals surface area (Å²) in [7, 11) is 1.56. The lowest BCUT2D eigenvalue weighted by atomic mass is 10.1. The summed E-state index contributed by atoms with van der Waals surface area (Å²) in [6.45, 7) is 7.94. The molecule has 1 amide bonds. The Balaban J connectivity index is 0.000000707. The van der Waals surface area contributed by atoms with Crippen molar-refractivity contribution in [3.63, 3.8) is 0 Å². The van der Waals surface area contributed by atoms with E-state index in [1.54, 1.807) is 25.5 Å². The minimum absolute atomic E-state index is 0.0594. The summed E-state index contributed by atoms with van der Waals surface area (Å²) >= 11 is 0. The van der Waals surface area contributed by atoms with Gasteiger partial charge in [-0.15, -0.1) is 0 Å². The number of aromatic nitrogens is 4. The first-order chi connectivity index (χ1) is 14.2. The number of amides is 1. The summed E-state index contributed by atoms with van der Waals surface area (Å²) in [5.41, 5.74) is 3.48. The highest BCUT2D eigenvalue weighted by molar-refractivity contribution is 6.05. The molecule has 0 spiro atoms. The van der Waals surface area contributed by atoms with Crippen LogP contribution < -0.4 is 10.1 Å². The Labute approximate surface area is 170 Å². The van der Waals surface area contributed by atoms with E-state index in [9.17, 15) is 4.79 Å². The lowest BCUT2D eigenvalue weighted by molar-refractivity contribution is -0.122. The predicted octanol–water partition coefficient (Wildman–Crippen LogP) is 4.35. The van der Waals surface area contributed by atoms with Crippen molar-refractivity contribution in [1.82, 2.24) is 25.3 Å². The van der Waals surface area contributed by atoms with Crippen molar-refractivity contribution in [1.29, 1.82) is 0 Å². The van der Waals surface area contributed by atoms with Gasteiger partial charge in [-0.3, -0.25) is 9.78 Å². The van der Waals surface area contributed by atoms with Crippen molar-refractivity contribution in [2.24, 2.45) is 0 Å². The summed E-state index contributed by atoms with van der Waals surface area (Å²) in [5.74, 6) is 0.191. The summed E-state index contributed by atoms with van der Waals surface area (Å²) in [5, 5.41) is 4.57. The van der Waals surface area contributed by atoms with Crippen molar-refractivity contribution < 1.29 is 9.53 Å². The zero-order valence-electron chi connectivity index (χ0n) is 17.5. The second kappa shape index (κ2) is 10.8. The van der Waals surface area contributed by atoms with E-state index in [1.807, 2.05) is 58.2 Å². The van der Waals surface area contributed by atoms with Crippen molar-refractivity contribution >= 4 is 27.8 Å². The Morgan fingerprint density at radius 1 is 1.03 bits per heavy atom. The zero-order chi connectivity index (χ0) is 21.2. The third kappa shape index (κ3) is 5.07. The SMILES string of the molecule is CC.CC.CNC(=O)COc1ccc(-c2ccc3c(n2)[nH]c2ccncc23)cn1. The molecule has 0 bridgehead atoms. The van der Waals surface area contributed by atoms with E-state index in [1.165, 1.54) is 0 Å². The van der Waals surface area contributed by atoms with Crippen molar-refractivity contribution in [2.75, 3.05) is 13.7 Å². The van der Waals surface area contributed by atoms with Crippen LogP contribution in [0.1, 0.15) is 27.7 Å². The van der Waals surface area contributed by atoms with E-state index in [-0.39, 0.29) is 12.5 Å². The second-order valence-electron chi connectivity index (χ2n) is 5.49. The van der Waals surface area contributed by atoms with Gasteiger partial charge in [-0.25, -0.2) is 9.97 Å². The molecule has 0 aliphatic carbocycles. The van der Waals surface area contributed by atoms with Gasteiger partial charge in [-0.05, 0) is 24.3 Å². The van der Waals surface area contributed by atoms with Gasteiger partial charge in [0.2, 0.25) is 5.88 Å². The fourth-order valence-electron chi connectivity index (χ4n) is 2.61. The van der Waals surface area contributed by atoms with Gasteiger partial charge in [-0.1, -0.05) is 27.7 Å². The van der Waals surface area contributed by atoms with E-state index in [0.29, 0.717) is 5.88 Å². The molecule has 4 aromatic rings. The number of rotatable bonds is 4. The maximum Gasteiger partial charge on any atom is 0.257 e. The standard InChI is InChI=1S/C18H15N5O2.2C2H6/c1-19-16(24)10-25-17-5-2-11(8-21-17)14-4-3-12-13-9-20-7-6-15(13)23-18(12)22-14;2*1-2/h2-9H,10H2,1H3,(H,19,24)(H,22,23);2*1-2H3. The van der Waals surface area contributed by atoms with Crippen LogP contribution in [0.15, 0.2) is 48.9 Å². The van der Waals surface area contributed by atoms with Gasteiger partial charge in [-0.2, -0.15) is 0 Å². The number of hydrogen-bond donors (Lipinski definition) is 2. The molecule has 7 heteroatoms. The maximum absolute atomic E-state index is 11.2. The molecule has 4 aromatic heterocycles. The molecule has 0 aromatic carbocycles. The molecule has 0 radical (unpaired) electrons. The molecule has 0 unspecified atom stereocenters. The molecule has 0 saturated carbocycles. The fourth-order valence-corrected chi connectivity index (χ4v) is 2.61. The highest BCUT2D eigenvalue weighted by Gasteiger charge is 2.08. The smallest absolute Gasteiger partial charge is 0.257 e. The molecule has 4 rings (SSSR count). The summed E-state index contributed by atoms with van der Waals surface area (Å²) in [6.07, 6.45) is 5.26. The highest BCUT2D eigenvalue weighted by atomic mass is 16.5. The van der Waals surface area contributed by atoms with Gasteiger partial charge >= 0.3 is 0 Å². The molecule has 0 aliphatic heterocycles. The van der Waals surface area contributed by atoms with E-state index in [4.69, 9.17) is 4.74 Å². The lowest BCUT2D eigenvalue weighted by Crippen LogP contribution is -2.25. The first kappa shape index (κ1) is 21.8. The summed E-state index contributed by atoms with van der Waals surface area (Å²) < 4.78 is 5.30. The van der Waals surface area contributed by atoms with E-state index in [2.05, 4.69) is 25.3 Å². The van der Waals surface area contributed by atoms with Gasteiger partial charge in [0.25, 0.3) is 5.91 Å². The van der Waals surface area contributed by atoms with Crippen LogP contribution in [0, 0.1) is 0 Å². The first-order valence-electron chi connectivity index (χ1n) is 9.77. The number of pyridine rings is 3. The van der Waals surface area contributed by atoms with Gasteiger partial charge in [0.05, 0.1) is 11.2 Å². The number of nitrogens with one attached hydrogen (secondary N) is 2. The van der Waals surface area contributed by atoms with Crippen molar-refractivity contribution in [3.8, 4) is 17.1 Å². The fraction of sp³-hybridized carbons (Fsp3) is 0.273. The van der Waals surface area contributed by atoms with Crippen LogP contribution in [0.2, 0.25) is 0 Å². The molecular weight excluding hydrogens is 366 g/mol. The molecular formula is C22H27N5O2. The lowest BCUT2D eigenvalue weighted by Gasteiger charge is -2.05. The Kier molecular flexibility index (Phi) is 8.09. The van der Waals surface area contributed by atoms with Crippen molar-refractivity contribution in [3.05, 3.63) is 48.9 Å². The third-order valence-electron chi connectivity index (χ3n) is 3.92. The Hall–Kier alpha value is -3.48.